The number of hydrogen-bond acceptors (Lipinski definition) is 3. The molecule has 19 heavy (non-hydrogen) atoms. The molecule has 1 aromatic heterocycles. The van der Waals surface area contributed by atoms with Crippen LogP contribution in [0.15, 0.2) is 41.0 Å². The van der Waals surface area contributed by atoms with Crippen LogP contribution in [0.25, 0.3) is 0 Å². The summed E-state index contributed by atoms with van der Waals surface area (Å²) in [6.45, 7) is 0.226. The zero-order valence-electron chi connectivity index (χ0n) is 9.73. The Morgan fingerprint density at radius 2 is 2.16 bits per heavy atom. The van der Waals surface area contributed by atoms with Gasteiger partial charge in [-0.1, -0.05) is 23.7 Å². The van der Waals surface area contributed by atoms with Crippen molar-refractivity contribution in [3.8, 4) is 0 Å². The normalized spacial score (nSPS) is 14.0. The fourth-order valence-corrected chi connectivity index (χ4v) is 2.88. The number of benzene rings is 1. The van der Waals surface area contributed by atoms with Crippen LogP contribution < -0.4 is 10.2 Å². The van der Waals surface area contributed by atoms with Crippen molar-refractivity contribution in [1.29, 1.82) is 0 Å². The van der Waals surface area contributed by atoms with Crippen LogP contribution in [0.3, 0.4) is 0 Å². The predicted molar refractivity (Wildman–Crippen MR) is 79.0 cm³/mol. The molecule has 6 heteroatoms. The highest BCUT2D eigenvalue weighted by molar-refractivity contribution is 9.10. The molecule has 0 fully saturated rings. The number of hydrogen-bond donors (Lipinski definition) is 1. The van der Waals surface area contributed by atoms with Gasteiger partial charge in [0.2, 0.25) is 5.91 Å². The summed E-state index contributed by atoms with van der Waals surface area (Å²) in [4.78, 5) is 17.9. The van der Waals surface area contributed by atoms with E-state index in [2.05, 4.69) is 26.2 Å². The molecule has 1 amide bonds. The van der Waals surface area contributed by atoms with Crippen LogP contribution in [-0.2, 0) is 4.79 Å². The summed E-state index contributed by atoms with van der Waals surface area (Å²) in [6, 6.07) is 9.37. The molecule has 3 rings (SSSR count). The first kappa shape index (κ1) is 12.4. The number of aromatic nitrogens is 1. The van der Waals surface area contributed by atoms with Gasteiger partial charge in [-0.3, -0.25) is 4.79 Å². The zero-order valence-corrected chi connectivity index (χ0v) is 12.1. The molecular weight excluding hydrogens is 330 g/mol. The number of pyridine rings is 1. The second-order valence-corrected chi connectivity index (χ2v) is 5.40. The SMILES string of the molecule is O=C1CN(c2ncc(Cl)cc2Br)c2ccccc2N1. The van der Waals surface area contributed by atoms with E-state index >= 15 is 0 Å². The van der Waals surface area contributed by atoms with Crippen LogP contribution in [-0.4, -0.2) is 17.4 Å². The average molecular weight is 339 g/mol. The molecule has 1 aliphatic heterocycles. The van der Waals surface area contributed by atoms with Gasteiger partial charge in [0.05, 0.1) is 20.9 Å². The van der Waals surface area contributed by atoms with E-state index in [1.165, 1.54) is 0 Å². The van der Waals surface area contributed by atoms with Gasteiger partial charge in [-0.2, -0.15) is 0 Å². The number of rotatable bonds is 1. The highest BCUT2D eigenvalue weighted by Gasteiger charge is 2.25. The minimum atomic E-state index is -0.0673. The van der Waals surface area contributed by atoms with E-state index in [1.807, 2.05) is 29.2 Å². The number of carbonyl (C=O) groups is 1. The van der Waals surface area contributed by atoms with E-state index in [1.54, 1.807) is 12.3 Å². The van der Waals surface area contributed by atoms with Gasteiger partial charge in [-0.05, 0) is 34.1 Å². The third-order valence-electron chi connectivity index (χ3n) is 2.81. The molecule has 96 valence electrons. The smallest absolute Gasteiger partial charge is 0.244 e. The van der Waals surface area contributed by atoms with Crippen LogP contribution >= 0.6 is 27.5 Å². The molecule has 0 bridgehead atoms. The van der Waals surface area contributed by atoms with E-state index in [9.17, 15) is 4.79 Å². The number of nitrogens with zero attached hydrogens (tertiary/aromatic N) is 2. The highest BCUT2D eigenvalue weighted by Crippen LogP contribution is 2.37. The summed E-state index contributed by atoms with van der Waals surface area (Å²) in [7, 11) is 0. The van der Waals surface area contributed by atoms with Crippen molar-refractivity contribution in [2.75, 3.05) is 16.8 Å². The number of anilines is 3. The van der Waals surface area contributed by atoms with Gasteiger partial charge in [-0.25, -0.2) is 4.98 Å². The first-order chi connectivity index (χ1) is 9.15. The van der Waals surface area contributed by atoms with Gasteiger partial charge < -0.3 is 10.2 Å². The van der Waals surface area contributed by atoms with Crippen LogP contribution in [0.5, 0.6) is 0 Å². The molecule has 0 atom stereocenters. The van der Waals surface area contributed by atoms with E-state index < -0.39 is 0 Å². The molecule has 1 aromatic carbocycles. The molecular formula is C13H9BrClN3O. The largest absolute Gasteiger partial charge is 0.323 e. The average Bonchev–Trinajstić information content (AvgIpc) is 2.38. The molecule has 0 aliphatic carbocycles. The summed E-state index contributed by atoms with van der Waals surface area (Å²) < 4.78 is 0.754. The Hall–Kier alpha value is -1.59. The summed E-state index contributed by atoms with van der Waals surface area (Å²) in [5.74, 6) is 0.606. The van der Waals surface area contributed by atoms with Gasteiger partial charge in [0.1, 0.15) is 12.4 Å². The Morgan fingerprint density at radius 1 is 1.37 bits per heavy atom. The predicted octanol–water partition coefficient (Wildman–Crippen LogP) is 3.59. The van der Waals surface area contributed by atoms with Crippen LogP contribution in [0, 0.1) is 0 Å². The highest BCUT2D eigenvalue weighted by atomic mass is 79.9. The van der Waals surface area contributed by atoms with Crippen molar-refractivity contribution in [3.63, 3.8) is 0 Å². The van der Waals surface area contributed by atoms with E-state index in [0.717, 1.165) is 15.8 Å². The van der Waals surface area contributed by atoms with Crippen molar-refractivity contribution in [2.45, 2.75) is 0 Å². The van der Waals surface area contributed by atoms with E-state index in [4.69, 9.17) is 11.6 Å². The third-order valence-corrected chi connectivity index (χ3v) is 3.60. The second-order valence-electron chi connectivity index (χ2n) is 4.11. The number of carbonyl (C=O) groups excluding carboxylic acids is 1. The molecule has 1 aliphatic rings. The lowest BCUT2D eigenvalue weighted by molar-refractivity contribution is -0.115. The van der Waals surface area contributed by atoms with E-state index in [0.29, 0.717) is 10.8 Å². The minimum Gasteiger partial charge on any atom is -0.323 e. The molecule has 4 nitrogen and oxygen atoms in total. The first-order valence-electron chi connectivity index (χ1n) is 5.62. The lowest BCUT2D eigenvalue weighted by Crippen LogP contribution is -2.35. The molecule has 0 saturated heterocycles. The van der Waals surface area contributed by atoms with Gasteiger partial charge in [-0.15, -0.1) is 0 Å². The lowest BCUT2D eigenvalue weighted by Gasteiger charge is -2.30. The number of nitrogens with one attached hydrogen (secondary N) is 1. The summed E-state index contributed by atoms with van der Waals surface area (Å²) in [5.41, 5.74) is 1.69. The number of amides is 1. The number of fused-ring (bicyclic) bond motifs is 1. The van der Waals surface area contributed by atoms with Gasteiger partial charge >= 0.3 is 0 Å². The molecule has 0 saturated carbocycles. The molecule has 0 radical (unpaired) electrons. The van der Waals surface area contributed by atoms with E-state index in [-0.39, 0.29) is 12.5 Å². The van der Waals surface area contributed by atoms with Gasteiger partial charge in [0.15, 0.2) is 0 Å². The standard InChI is InChI=1S/C13H9BrClN3O/c14-9-5-8(15)6-16-13(9)18-7-12(19)17-10-3-1-2-4-11(10)18/h1-6H,7H2,(H,17,19). The fourth-order valence-electron chi connectivity index (χ4n) is 2.03. The Morgan fingerprint density at radius 3 is 2.95 bits per heavy atom. The fraction of sp³-hybridized carbons (Fsp3) is 0.0769. The van der Waals surface area contributed by atoms with Crippen molar-refractivity contribution in [3.05, 3.63) is 46.0 Å². The second kappa shape index (κ2) is 4.83. The maximum atomic E-state index is 11.8. The zero-order chi connectivity index (χ0) is 13.4. The van der Waals surface area contributed by atoms with Crippen molar-refractivity contribution in [1.82, 2.24) is 4.98 Å². The van der Waals surface area contributed by atoms with Crippen LogP contribution in [0.2, 0.25) is 5.02 Å². The Labute approximate surface area is 123 Å². The first-order valence-corrected chi connectivity index (χ1v) is 6.80. The maximum absolute atomic E-state index is 11.8. The van der Waals surface area contributed by atoms with Crippen molar-refractivity contribution in [2.24, 2.45) is 0 Å². The molecule has 0 spiro atoms. The lowest BCUT2D eigenvalue weighted by atomic mass is 10.2. The Balaban J connectivity index is 2.12. The van der Waals surface area contributed by atoms with Gasteiger partial charge in [0.25, 0.3) is 0 Å². The summed E-state index contributed by atoms with van der Waals surface area (Å²) in [6.07, 6.45) is 1.57. The Kier molecular flexibility index (Phi) is 3.16. The van der Waals surface area contributed by atoms with Crippen molar-refractivity contribution < 1.29 is 4.79 Å². The molecule has 2 heterocycles. The quantitative estimate of drug-likeness (QED) is 0.864. The maximum Gasteiger partial charge on any atom is 0.244 e. The third kappa shape index (κ3) is 2.31. The van der Waals surface area contributed by atoms with Gasteiger partial charge in [0, 0.05) is 6.20 Å². The topological polar surface area (TPSA) is 45.2 Å². The van der Waals surface area contributed by atoms with Crippen molar-refractivity contribution >= 4 is 50.6 Å². The number of halogens is 2. The number of para-hydroxylation sites is 2. The van der Waals surface area contributed by atoms with Crippen LogP contribution in [0.4, 0.5) is 17.2 Å². The monoisotopic (exact) mass is 337 g/mol. The minimum absolute atomic E-state index is 0.0673. The molecule has 0 unspecified atom stereocenters. The summed E-state index contributed by atoms with van der Waals surface area (Å²) >= 11 is 9.33. The van der Waals surface area contributed by atoms with Crippen LogP contribution in [0.1, 0.15) is 0 Å². The molecule has 1 N–H and O–H groups in total. The molecule has 2 aromatic rings. The Bertz CT molecular complexity index is 662. The summed E-state index contributed by atoms with van der Waals surface area (Å²) in [5, 5.41) is 3.39.